The first-order chi connectivity index (χ1) is 14.8. The van der Waals surface area contributed by atoms with Gasteiger partial charge in [-0.15, -0.1) is 0 Å². The fraction of sp³-hybridized carbons (Fsp3) is 0.621. The third-order valence-corrected chi connectivity index (χ3v) is 7.14. The van der Waals surface area contributed by atoms with E-state index in [2.05, 4.69) is 56.4 Å². The van der Waals surface area contributed by atoms with Gasteiger partial charge in [-0.25, -0.2) is 0 Å². The van der Waals surface area contributed by atoms with Crippen LogP contribution < -0.4 is 0 Å². The summed E-state index contributed by atoms with van der Waals surface area (Å²) in [6.07, 6.45) is 21.5. The molecule has 1 nitrogen and oxygen atoms in total. The van der Waals surface area contributed by atoms with Crippen LogP contribution in [0.2, 0.25) is 0 Å². The Kier molecular flexibility index (Phi) is 9.93. The zero-order valence-corrected chi connectivity index (χ0v) is 19.5. The summed E-state index contributed by atoms with van der Waals surface area (Å²) in [5, 5.41) is 0. The van der Waals surface area contributed by atoms with E-state index in [9.17, 15) is 0 Å². The van der Waals surface area contributed by atoms with Crippen molar-refractivity contribution in [2.24, 2.45) is 11.8 Å². The number of aryl methyl sites for hydroxylation is 2. The first-order valence-electron chi connectivity index (χ1n) is 12.8. The Bertz CT molecular complexity index is 692. The van der Waals surface area contributed by atoms with E-state index in [1.807, 2.05) is 0 Å². The molecular weight excluding hydrogens is 362 g/mol. The van der Waals surface area contributed by atoms with E-state index in [0.717, 1.165) is 24.0 Å². The SMILES string of the molecule is CCCCCCC[C@H]1CC[C@H](CCc2ccc(-c3ccc(CCC)cc3)nc2)CC1. The molecule has 1 aromatic carbocycles. The van der Waals surface area contributed by atoms with Gasteiger partial charge >= 0.3 is 0 Å². The Morgan fingerprint density at radius 2 is 1.33 bits per heavy atom. The van der Waals surface area contributed by atoms with Crippen LogP contribution >= 0.6 is 0 Å². The Morgan fingerprint density at radius 1 is 0.667 bits per heavy atom. The summed E-state index contributed by atoms with van der Waals surface area (Å²) in [7, 11) is 0. The van der Waals surface area contributed by atoms with Crippen molar-refractivity contribution in [3.8, 4) is 11.3 Å². The van der Waals surface area contributed by atoms with Crippen molar-refractivity contribution < 1.29 is 0 Å². The number of unbranched alkanes of at least 4 members (excludes halogenated alkanes) is 4. The Hall–Kier alpha value is -1.63. The second kappa shape index (κ2) is 12.9. The van der Waals surface area contributed by atoms with Gasteiger partial charge in [-0.2, -0.15) is 0 Å². The van der Waals surface area contributed by atoms with Crippen LogP contribution in [0.3, 0.4) is 0 Å². The number of hydrogen-bond donors (Lipinski definition) is 0. The molecule has 0 unspecified atom stereocenters. The van der Waals surface area contributed by atoms with Gasteiger partial charge in [0.2, 0.25) is 0 Å². The molecule has 0 N–H and O–H groups in total. The minimum absolute atomic E-state index is 0.937. The van der Waals surface area contributed by atoms with Gasteiger partial charge in [0.25, 0.3) is 0 Å². The van der Waals surface area contributed by atoms with Crippen LogP contribution in [0.15, 0.2) is 42.6 Å². The lowest BCUT2D eigenvalue weighted by atomic mass is 9.78. The summed E-state index contributed by atoms with van der Waals surface area (Å²) in [4.78, 5) is 4.76. The largest absolute Gasteiger partial charge is 0.256 e. The lowest BCUT2D eigenvalue weighted by Crippen LogP contribution is -2.15. The molecule has 1 saturated carbocycles. The number of benzene rings is 1. The van der Waals surface area contributed by atoms with E-state index in [-0.39, 0.29) is 0 Å². The third-order valence-electron chi connectivity index (χ3n) is 7.14. The molecule has 0 amide bonds. The first-order valence-corrected chi connectivity index (χ1v) is 12.8. The molecule has 1 heterocycles. The van der Waals surface area contributed by atoms with E-state index in [1.165, 1.54) is 100 Å². The maximum Gasteiger partial charge on any atom is 0.0702 e. The molecule has 1 aliphatic rings. The molecule has 0 spiro atoms. The molecule has 1 fully saturated rings. The predicted octanol–water partition coefficient (Wildman–Crippen LogP) is 8.80. The monoisotopic (exact) mass is 405 g/mol. The van der Waals surface area contributed by atoms with Crippen LogP contribution in [0, 0.1) is 11.8 Å². The number of hydrogen-bond acceptors (Lipinski definition) is 1. The van der Waals surface area contributed by atoms with Gasteiger partial charge in [-0.3, -0.25) is 4.98 Å². The summed E-state index contributed by atoms with van der Waals surface area (Å²) in [5.74, 6) is 1.96. The maximum absolute atomic E-state index is 4.76. The second-order valence-electron chi connectivity index (χ2n) is 9.63. The molecule has 0 aliphatic heterocycles. The highest BCUT2D eigenvalue weighted by Crippen LogP contribution is 2.34. The molecule has 1 aliphatic carbocycles. The molecule has 164 valence electrons. The van der Waals surface area contributed by atoms with Crippen molar-refractivity contribution >= 4 is 0 Å². The molecule has 2 aromatic rings. The van der Waals surface area contributed by atoms with Crippen LogP contribution in [0.4, 0.5) is 0 Å². The fourth-order valence-electron chi connectivity index (χ4n) is 5.09. The van der Waals surface area contributed by atoms with E-state index in [0.29, 0.717) is 0 Å². The normalized spacial score (nSPS) is 19.1. The second-order valence-corrected chi connectivity index (χ2v) is 9.63. The van der Waals surface area contributed by atoms with Gasteiger partial charge in [0, 0.05) is 11.8 Å². The van der Waals surface area contributed by atoms with Crippen molar-refractivity contribution in [1.29, 1.82) is 0 Å². The van der Waals surface area contributed by atoms with Crippen molar-refractivity contribution in [3.63, 3.8) is 0 Å². The third kappa shape index (κ3) is 7.56. The van der Waals surface area contributed by atoms with E-state index in [4.69, 9.17) is 4.98 Å². The van der Waals surface area contributed by atoms with Crippen molar-refractivity contribution in [2.75, 3.05) is 0 Å². The standard InChI is InChI=1S/C29H43N/c1-3-5-6-7-8-10-25-11-13-26(14-12-25)15-16-27-19-22-29(30-23-27)28-20-17-24(9-4-2)18-21-28/h17-23,25-26H,3-16H2,1-2H3/t25-,26-. The predicted molar refractivity (Wildman–Crippen MR) is 131 cm³/mol. The minimum atomic E-state index is 0.937. The van der Waals surface area contributed by atoms with Crippen LogP contribution in [0.25, 0.3) is 11.3 Å². The molecule has 0 saturated heterocycles. The van der Waals surface area contributed by atoms with Gasteiger partial charge in [0.05, 0.1) is 5.69 Å². The van der Waals surface area contributed by atoms with Crippen molar-refractivity contribution in [1.82, 2.24) is 4.98 Å². The molecule has 30 heavy (non-hydrogen) atoms. The highest BCUT2D eigenvalue weighted by atomic mass is 14.7. The molecule has 3 rings (SSSR count). The van der Waals surface area contributed by atoms with Gasteiger partial charge in [-0.1, -0.05) is 115 Å². The number of nitrogens with zero attached hydrogens (tertiary/aromatic N) is 1. The van der Waals surface area contributed by atoms with Crippen molar-refractivity contribution in [2.45, 2.75) is 104 Å². The van der Waals surface area contributed by atoms with E-state index >= 15 is 0 Å². The average Bonchev–Trinajstić information content (AvgIpc) is 2.79. The van der Waals surface area contributed by atoms with Crippen LogP contribution in [-0.2, 0) is 12.8 Å². The zero-order chi connectivity index (χ0) is 21.0. The molecule has 0 bridgehead atoms. The highest BCUT2D eigenvalue weighted by Gasteiger charge is 2.20. The molecular formula is C29H43N. The van der Waals surface area contributed by atoms with Crippen LogP contribution in [0.1, 0.15) is 102 Å². The quantitative estimate of drug-likeness (QED) is 0.321. The van der Waals surface area contributed by atoms with Gasteiger partial charge in [0.15, 0.2) is 0 Å². The van der Waals surface area contributed by atoms with E-state index < -0.39 is 0 Å². The number of aromatic nitrogens is 1. The number of rotatable bonds is 12. The molecule has 0 radical (unpaired) electrons. The summed E-state index contributed by atoms with van der Waals surface area (Å²) in [6.45, 7) is 4.53. The topological polar surface area (TPSA) is 12.9 Å². The Balaban J connectivity index is 1.36. The molecule has 1 aromatic heterocycles. The maximum atomic E-state index is 4.76. The number of pyridine rings is 1. The lowest BCUT2D eigenvalue weighted by molar-refractivity contribution is 0.248. The van der Waals surface area contributed by atoms with Gasteiger partial charge in [0.1, 0.15) is 0 Å². The van der Waals surface area contributed by atoms with Crippen LogP contribution in [0.5, 0.6) is 0 Å². The zero-order valence-electron chi connectivity index (χ0n) is 19.5. The Morgan fingerprint density at radius 3 is 1.97 bits per heavy atom. The fourth-order valence-corrected chi connectivity index (χ4v) is 5.09. The van der Waals surface area contributed by atoms with E-state index in [1.54, 1.807) is 0 Å². The summed E-state index contributed by atoms with van der Waals surface area (Å²) in [5.41, 5.74) is 5.15. The lowest BCUT2D eigenvalue weighted by Gasteiger charge is -2.28. The minimum Gasteiger partial charge on any atom is -0.256 e. The molecule has 1 heteroatoms. The summed E-state index contributed by atoms with van der Waals surface area (Å²) >= 11 is 0. The van der Waals surface area contributed by atoms with Gasteiger partial charge in [-0.05, 0) is 48.3 Å². The summed E-state index contributed by atoms with van der Waals surface area (Å²) in [6, 6.07) is 13.4. The Labute approximate surface area is 185 Å². The smallest absolute Gasteiger partial charge is 0.0702 e. The highest BCUT2D eigenvalue weighted by molar-refractivity contribution is 5.59. The van der Waals surface area contributed by atoms with Crippen molar-refractivity contribution in [3.05, 3.63) is 53.7 Å². The van der Waals surface area contributed by atoms with Gasteiger partial charge < -0.3 is 0 Å². The first kappa shape index (κ1) is 23.0. The molecule has 0 atom stereocenters. The average molecular weight is 406 g/mol. The van der Waals surface area contributed by atoms with Crippen LogP contribution in [-0.4, -0.2) is 4.98 Å². The summed E-state index contributed by atoms with van der Waals surface area (Å²) < 4.78 is 0.